The highest BCUT2D eigenvalue weighted by Gasteiger charge is 2.28. The highest BCUT2D eigenvalue weighted by atomic mass is 35.5. The first-order valence-electron chi connectivity index (χ1n) is 4.79. The zero-order valence-electron chi connectivity index (χ0n) is 8.98. The van der Waals surface area contributed by atoms with E-state index in [2.05, 4.69) is 5.32 Å². The van der Waals surface area contributed by atoms with Crippen molar-refractivity contribution in [3.8, 4) is 6.07 Å². The molecule has 0 spiro atoms. The molecule has 1 rings (SSSR count). The van der Waals surface area contributed by atoms with E-state index in [-0.39, 0.29) is 0 Å². The van der Waals surface area contributed by atoms with Crippen LogP contribution in [0.5, 0.6) is 0 Å². The fourth-order valence-electron chi connectivity index (χ4n) is 1.24. The third-order valence-corrected chi connectivity index (χ3v) is 2.57. The van der Waals surface area contributed by atoms with Crippen LogP contribution in [-0.2, 0) is 0 Å². The standard InChI is InChI=1S/C11H10ClF3N2/c1-7-2-3-8(4-9(7)12)10(5-16)17-6-11(13,14)15/h2-4,10,17H,6H2,1H3. The zero-order chi connectivity index (χ0) is 13.1. The Hall–Kier alpha value is -1.25. The van der Waals surface area contributed by atoms with Gasteiger partial charge in [-0.15, -0.1) is 0 Å². The molecule has 0 amide bonds. The van der Waals surface area contributed by atoms with Gasteiger partial charge < -0.3 is 0 Å². The molecule has 0 aliphatic carbocycles. The molecule has 6 heteroatoms. The van der Waals surface area contributed by atoms with Crippen molar-refractivity contribution >= 4 is 11.6 Å². The third-order valence-electron chi connectivity index (χ3n) is 2.16. The number of alkyl halides is 3. The number of nitriles is 1. The van der Waals surface area contributed by atoms with Gasteiger partial charge in [-0.1, -0.05) is 23.7 Å². The minimum Gasteiger partial charge on any atom is -0.290 e. The summed E-state index contributed by atoms with van der Waals surface area (Å²) < 4.78 is 36.0. The molecule has 0 fully saturated rings. The molecule has 1 aromatic carbocycles. The van der Waals surface area contributed by atoms with Crippen molar-refractivity contribution in [2.24, 2.45) is 0 Å². The lowest BCUT2D eigenvalue weighted by Crippen LogP contribution is -2.31. The lowest BCUT2D eigenvalue weighted by molar-refractivity contribution is -0.125. The average molecular weight is 263 g/mol. The molecular formula is C11H10ClF3N2. The van der Waals surface area contributed by atoms with Gasteiger partial charge in [0.2, 0.25) is 0 Å². The highest BCUT2D eigenvalue weighted by Crippen LogP contribution is 2.22. The quantitative estimate of drug-likeness (QED) is 0.907. The summed E-state index contributed by atoms with van der Waals surface area (Å²) in [4.78, 5) is 0. The Labute approximate surface area is 102 Å². The number of hydrogen-bond acceptors (Lipinski definition) is 2. The monoisotopic (exact) mass is 262 g/mol. The summed E-state index contributed by atoms with van der Waals surface area (Å²) in [5.41, 5.74) is 1.23. The lowest BCUT2D eigenvalue weighted by atomic mass is 10.1. The molecule has 0 aliphatic heterocycles. The number of rotatable bonds is 3. The van der Waals surface area contributed by atoms with Crippen molar-refractivity contribution < 1.29 is 13.2 Å². The van der Waals surface area contributed by atoms with Crippen LogP contribution in [0.4, 0.5) is 13.2 Å². The number of benzene rings is 1. The summed E-state index contributed by atoms with van der Waals surface area (Å²) >= 11 is 5.85. The summed E-state index contributed by atoms with van der Waals surface area (Å²) in [5, 5.41) is 11.4. The van der Waals surface area contributed by atoms with E-state index in [9.17, 15) is 13.2 Å². The molecule has 1 atom stereocenters. The zero-order valence-corrected chi connectivity index (χ0v) is 9.73. The summed E-state index contributed by atoms with van der Waals surface area (Å²) in [6.45, 7) is 0.563. The van der Waals surface area contributed by atoms with Crippen LogP contribution < -0.4 is 5.32 Å². The van der Waals surface area contributed by atoms with Crippen LogP contribution in [0.1, 0.15) is 17.2 Å². The second kappa shape index (κ2) is 5.39. The minimum atomic E-state index is -4.34. The summed E-state index contributed by atoms with van der Waals surface area (Å²) in [7, 11) is 0. The van der Waals surface area contributed by atoms with Crippen molar-refractivity contribution in [3.05, 3.63) is 34.3 Å². The van der Waals surface area contributed by atoms with Gasteiger partial charge in [-0.25, -0.2) is 0 Å². The maximum absolute atomic E-state index is 12.0. The molecule has 0 aliphatic rings. The van der Waals surface area contributed by atoms with Gasteiger partial charge in [0, 0.05) is 5.02 Å². The molecule has 1 unspecified atom stereocenters. The van der Waals surface area contributed by atoms with Crippen LogP contribution in [0, 0.1) is 18.3 Å². The predicted molar refractivity (Wildman–Crippen MR) is 58.6 cm³/mol. The molecule has 17 heavy (non-hydrogen) atoms. The van der Waals surface area contributed by atoms with E-state index in [4.69, 9.17) is 16.9 Å². The van der Waals surface area contributed by atoms with E-state index in [1.54, 1.807) is 25.1 Å². The van der Waals surface area contributed by atoms with Crippen LogP contribution in [0.2, 0.25) is 5.02 Å². The van der Waals surface area contributed by atoms with Gasteiger partial charge in [-0.05, 0) is 24.1 Å². The molecule has 0 saturated carbocycles. The molecule has 0 radical (unpaired) electrons. The van der Waals surface area contributed by atoms with Crippen molar-refractivity contribution in [2.45, 2.75) is 19.1 Å². The van der Waals surface area contributed by atoms with E-state index in [1.807, 2.05) is 0 Å². The van der Waals surface area contributed by atoms with E-state index in [0.717, 1.165) is 5.56 Å². The smallest absolute Gasteiger partial charge is 0.290 e. The molecule has 92 valence electrons. The molecular weight excluding hydrogens is 253 g/mol. The first kappa shape index (κ1) is 13.8. The van der Waals surface area contributed by atoms with Crippen molar-refractivity contribution in [3.63, 3.8) is 0 Å². The van der Waals surface area contributed by atoms with Crippen LogP contribution >= 0.6 is 11.6 Å². The number of nitrogens with one attached hydrogen (secondary N) is 1. The van der Waals surface area contributed by atoms with Gasteiger partial charge in [0.05, 0.1) is 12.6 Å². The number of nitrogens with zero attached hydrogens (tertiary/aromatic N) is 1. The topological polar surface area (TPSA) is 35.8 Å². The number of halogens is 4. The Bertz CT molecular complexity index is 437. The fourth-order valence-corrected chi connectivity index (χ4v) is 1.43. The fraction of sp³-hybridized carbons (Fsp3) is 0.364. The molecule has 0 bridgehead atoms. The van der Waals surface area contributed by atoms with Crippen molar-refractivity contribution in [2.75, 3.05) is 6.54 Å². The largest absolute Gasteiger partial charge is 0.401 e. The Morgan fingerprint density at radius 2 is 2.12 bits per heavy atom. The maximum Gasteiger partial charge on any atom is 0.401 e. The third kappa shape index (κ3) is 4.25. The van der Waals surface area contributed by atoms with E-state index in [0.29, 0.717) is 10.6 Å². The minimum absolute atomic E-state index is 0.423. The SMILES string of the molecule is Cc1ccc(C(C#N)NCC(F)(F)F)cc1Cl. The summed E-state index contributed by atoms with van der Waals surface area (Å²) in [5.74, 6) is 0. The lowest BCUT2D eigenvalue weighted by Gasteiger charge is -2.14. The molecule has 0 heterocycles. The molecule has 0 aromatic heterocycles. The Balaban J connectivity index is 2.81. The van der Waals surface area contributed by atoms with Crippen LogP contribution in [0.25, 0.3) is 0 Å². The van der Waals surface area contributed by atoms with Gasteiger partial charge in [0.25, 0.3) is 0 Å². The molecule has 2 nitrogen and oxygen atoms in total. The van der Waals surface area contributed by atoms with E-state index >= 15 is 0 Å². The van der Waals surface area contributed by atoms with Crippen molar-refractivity contribution in [1.29, 1.82) is 5.26 Å². The van der Waals surface area contributed by atoms with Crippen molar-refractivity contribution in [1.82, 2.24) is 5.32 Å². The van der Waals surface area contributed by atoms with Gasteiger partial charge >= 0.3 is 6.18 Å². The van der Waals surface area contributed by atoms with Gasteiger partial charge in [0.15, 0.2) is 0 Å². The van der Waals surface area contributed by atoms with Gasteiger partial charge in [-0.3, -0.25) is 5.32 Å². The van der Waals surface area contributed by atoms with E-state index < -0.39 is 18.8 Å². The van der Waals surface area contributed by atoms with E-state index in [1.165, 1.54) is 6.07 Å². The van der Waals surface area contributed by atoms with Gasteiger partial charge in [-0.2, -0.15) is 18.4 Å². The highest BCUT2D eigenvalue weighted by molar-refractivity contribution is 6.31. The van der Waals surface area contributed by atoms with Crippen LogP contribution in [0.3, 0.4) is 0 Å². The second-order valence-electron chi connectivity index (χ2n) is 3.57. The van der Waals surface area contributed by atoms with Gasteiger partial charge in [0.1, 0.15) is 6.04 Å². The normalized spacial score (nSPS) is 13.2. The Kier molecular flexibility index (Phi) is 4.38. The summed E-state index contributed by atoms with van der Waals surface area (Å²) in [6.07, 6.45) is -4.34. The first-order chi connectivity index (χ1) is 7.83. The van der Waals surface area contributed by atoms with Crippen LogP contribution in [0.15, 0.2) is 18.2 Å². The Morgan fingerprint density at radius 3 is 2.59 bits per heavy atom. The first-order valence-corrected chi connectivity index (χ1v) is 5.17. The summed E-state index contributed by atoms with van der Waals surface area (Å²) in [6, 6.07) is 5.49. The number of hydrogen-bond donors (Lipinski definition) is 1. The number of aryl methyl sites for hydroxylation is 1. The predicted octanol–water partition coefficient (Wildman–Crippen LogP) is 3.37. The molecule has 1 N–H and O–H groups in total. The Morgan fingerprint density at radius 1 is 1.47 bits per heavy atom. The molecule has 0 saturated heterocycles. The molecule has 1 aromatic rings. The average Bonchev–Trinajstić information content (AvgIpc) is 2.22. The maximum atomic E-state index is 12.0. The van der Waals surface area contributed by atoms with Crippen LogP contribution in [-0.4, -0.2) is 12.7 Å². The second-order valence-corrected chi connectivity index (χ2v) is 3.97.